The van der Waals surface area contributed by atoms with Crippen LogP contribution in [0.25, 0.3) is 11.0 Å². The third kappa shape index (κ3) is 4.64. The zero-order valence-corrected chi connectivity index (χ0v) is 20.9. The number of alkyl halides is 3. The Hall–Kier alpha value is -2.85. The number of piperazine rings is 1. The number of rotatable bonds is 4. The highest BCUT2D eigenvalue weighted by atomic mass is 35.5. The minimum Gasteiger partial charge on any atom is -0.368 e. The van der Waals surface area contributed by atoms with Crippen LogP contribution in [0.3, 0.4) is 0 Å². The van der Waals surface area contributed by atoms with Crippen LogP contribution in [0.15, 0.2) is 36.4 Å². The number of halogens is 4. The van der Waals surface area contributed by atoms with Gasteiger partial charge in [0.25, 0.3) is 0 Å². The summed E-state index contributed by atoms with van der Waals surface area (Å²) >= 11 is 5.86. The van der Waals surface area contributed by atoms with Crippen molar-refractivity contribution in [3.8, 4) is 0 Å². The van der Waals surface area contributed by atoms with E-state index in [1.54, 1.807) is 6.92 Å². The Kier molecular flexibility index (Phi) is 6.59. The molecule has 1 aromatic heterocycles. The molecule has 2 fully saturated rings. The second-order valence-corrected chi connectivity index (χ2v) is 10.0. The normalized spacial score (nSPS) is 21.8. The third-order valence-corrected chi connectivity index (χ3v) is 7.46. The molecule has 0 radical (unpaired) electrons. The van der Waals surface area contributed by atoms with Crippen molar-refractivity contribution in [2.75, 3.05) is 31.1 Å². The van der Waals surface area contributed by atoms with Gasteiger partial charge in [0.1, 0.15) is 5.52 Å². The maximum absolute atomic E-state index is 13.7. The van der Waals surface area contributed by atoms with E-state index in [-0.39, 0.29) is 28.6 Å². The highest BCUT2D eigenvalue weighted by molar-refractivity contribution is 6.30. The molecule has 2 saturated heterocycles. The molecule has 0 spiro atoms. The van der Waals surface area contributed by atoms with Crippen LogP contribution in [0, 0.1) is 0 Å². The average molecular weight is 521 g/mol. The van der Waals surface area contributed by atoms with Crippen LogP contribution >= 0.6 is 11.6 Å². The summed E-state index contributed by atoms with van der Waals surface area (Å²) in [4.78, 5) is 17.0. The van der Waals surface area contributed by atoms with E-state index < -0.39 is 17.8 Å². The van der Waals surface area contributed by atoms with E-state index in [4.69, 9.17) is 11.6 Å². The summed E-state index contributed by atoms with van der Waals surface area (Å²) in [5.74, 6) is 0.162. The van der Waals surface area contributed by atoms with Crippen molar-refractivity contribution in [1.29, 1.82) is 0 Å². The lowest BCUT2D eigenvalue weighted by molar-refractivity contribution is -0.138. The summed E-state index contributed by atoms with van der Waals surface area (Å²) in [5, 5.41) is 11.7. The molecule has 1 N–H and O–H groups in total. The molecule has 0 bridgehead atoms. The first-order valence-corrected chi connectivity index (χ1v) is 12.5. The van der Waals surface area contributed by atoms with Gasteiger partial charge in [0.15, 0.2) is 0 Å². The summed E-state index contributed by atoms with van der Waals surface area (Å²) in [6.07, 6.45) is -2.65. The topological polar surface area (TPSA) is 66.3 Å². The van der Waals surface area contributed by atoms with Gasteiger partial charge in [0.2, 0.25) is 5.91 Å². The van der Waals surface area contributed by atoms with Crippen LogP contribution in [0.4, 0.5) is 18.9 Å². The number of hydrogen-bond acceptors (Lipinski definition) is 5. The number of carbonyl (C=O) groups is 1. The van der Waals surface area contributed by atoms with Crippen molar-refractivity contribution >= 4 is 34.2 Å². The second-order valence-electron chi connectivity index (χ2n) is 9.59. The van der Waals surface area contributed by atoms with Gasteiger partial charge in [-0.3, -0.25) is 4.79 Å². The van der Waals surface area contributed by atoms with Crippen molar-refractivity contribution < 1.29 is 18.0 Å². The van der Waals surface area contributed by atoms with Gasteiger partial charge >= 0.3 is 6.18 Å². The maximum Gasteiger partial charge on any atom is 0.416 e. The van der Waals surface area contributed by atoms with Crippen LogP contribution < -0.4 is 10.2 Å². The summed E-state index contributed by atoms with van der Waals surface area (Å²) in [7, 11) is 0. The number of benzene rings is 2. The van der Waals surface area contributed by atoms with Gasteiger partial charge in [-0.1, -0.05) is 22.9 Å². The number of nitrogens with one attached hydrogen (secondary N) is 1. The third-order valence-electron chi connectivity index (χ3n) is 7.23. The van der Waals surface area contributed by atoms with Crippen molar-refractivity contribution in [1.82, 2.24) is 25.2 Å². The lowest BCUT2D eigenvalue weighted by Gasteiger charge is -2.42. The van der Waals surface area contributed by atoms with E-state index >= 15 is 0 Å². The molecule has 3 aromatic rings. The maximum atomic E-state index is 13.7. The minimum atomic E-state index is -4.54. The number of nitrogens with zero attached hydrogens (tertiary/aromatic N) is 5. The molecule has 192 valence electrons. The molecule has 2 aromatic carbocycles. The van der Waals surface area contributed by atoms with Gasteiger partial charge in [-0.2, -0.15) is 13.2 Å². The first-order valence-electron chi connectivity index (χ1n) is 12.1. The number of amides is 1. The van der Waals surface area contributed by atoms with Gasteiger partial charge in [0.05, 0.1) is 23.2 Å². The Morgan fingerprint density at radius 1 is 1.19 bits per heavy atom. The van der Waals surface area contributed by atoms with Crippen molar-refractivity contribution in [2.24, 2.45) is 0 Å². The molecule has 11 heteroatoms. The molecule has 2 aliphatic rings. The fourth-order valence-corrected chi connectivity index (χ4v) is 5.46. The molecule has 0 aliphatic carbocycles. The van der Waals surface area contributed by atoms with Crippen molar-refractivity contribution in [3.05, 3.63) is 52.5 Å². The fourth-order valence-electron chi connectivity index (χ4n) is 5.29. The second kappa shape index (κ2) is 9.55. The molecule has 0 unspecified atom stereocenters. The van der Waals surface area contributed by atoms with Gasteiger partial charge in [0, 0.05) is 36.4 Å². The molecular formula is C25H28ClF3N6O. The van der Waals surface area contributed by atoms with E-state index in [2.05, 4.69) is 20.5 Å². The number of fused-ring (bicyclic) bond motifs is 1. The van der Waals surface area contributed by atoms with Gasteiger partial charge in [-0.25, -0.2) is 4.68 Å². The molecule has 5 rings (SSSR count). The van der Waals surface area contributed by atoms with Crippen LogP contribution in [0.5, 0.6) is 0 Å². The summed E-state index contributed by atoms with van der Waals surface area (Å²) < 4.78 is 42.7. The smallest absolute Gasteiger partial charge is 0.368 e. The zero-order chi connectivity index (χ0) is 25.6. The predicted octanol–water partition coefficient (Wildman–Crippen LogP) is 4.50. The summed E-state index contributed by atoms with van der Waals surface area (Å²) in [5.41, 5.74) is 1.45. The highest BCUT2D eigenvalue weighted by Crippen LogP contribution is 2.38. The van der Waals surface area contributed by atoms with E-state index in [0.717, 1.165) is 31.1 Å². The van der Waals surface area contributed by atoms with Crippen LogP contribution in [0.2, 0.25) is 5.02 Å². The Morgan fingerprint density at radius 3 is 2.69 bits per heavy atom. The summed E-state index contributed by atoms with van der Waals surface area (Å²) in [6, 6.07) is 8.71. The average Bonchev–Trinajstić information content (AvgIpc) is 3.52. The first-order chi connectivity index (χ1) is 17.1. The molecule has 36 heavy (non-hydrogen) atoms. The minimum absolute atomic E-state index is 0.0273. The molecule has 1 amide bonds. The van der Waals surface area contributed by atoms with Crippen LogP contribution in [-0.4, -0.2) is 64.1 Å². The number of aromatic nitrogens is 3. The lowest BCUT2D eigenvalue weighted by atomic mass is 10.0. The Labute approximate surface area is 212 Å². The fraction of sp³-hybridized carbons (Fsp3) is 0.480. The lowest BCUT2D eigenvalue weighted by Crippen LogP contribution is -2.57. The van der Waals surface area contributed by atoms with E-state index in [9.17, 15) is 18.0 Å². The molecule has 0 saturated carbocycles. The molecule has 2 aliphatic heterocycles. The zero-order valence-electron chi connectivity index (χ0n) is 20.1. The van der Waals surface area contributed by atoms with Gasteiger partial charge in [-0.05, 0) is 69.1 Å². The van der Waals surface area contributed by atoms with E-state index in [0.29, 0.717) is 30.7 Å². The Morgan fingerprint density at radius 2 is 2.00 bits per heavy atom. The first kappa shape index (κ1) is 24.8. The van der Waals surface area contributed by atoms with E-state index in [1.807, 2.05) is 30.0 Å². The molecular weight excluding hydrogens is 493 g/mol. The highest BCUT2D eigenvalue weighted by Gasteiger charge is 2.36. The quantitative estimate of drug-likeness (QED) is 0.548. The Balaban J connectivity index is 1.40. The largest absolute Gasteiger partial charge is 0.416 e. The van der Waals surface area contributed by atoms with Gasteiger partial charge in [-0.15, -0.1) is 5.10 Å². The van der Waals surface area contributed by atoms with Crippen molar-refractivity contribution in [3.63, 3.8) is 0 Å². The summed E-state index contributed by atoms with van der Waals surface area (Å²) in [6.45, 7) is 6.54. The number of hydrogen-bond donors (Lipinski definition) is 1. The Bertz CT molecular complexity index is 1270. The SMILES string of the molecule is C[C@@H]1CN(c2ccc3nnn([C@H](C)c4ccc(Cl)cc4C(F)(F)F)c3c2)CCN1C(=O)[C@H]1CCCN1. The van der Waals surface area contributed by atoms with Crippen LogP contribution in [-0.2, 0) is 11.0 Å². The van der Waals surface area contributed by atoms with Crippen molar-refractivity contribution in [2.45, 2.75) is 51.0 Å². The monoisotopic (exact) mass is 520 g/mol. The standard InChI is InChI=1S/C25H28ClF3N6O/c1-15-14-33(10-11-34(15)24(36)22-4-3-9-30-22)18-6-8-21-23(13-18)35(32-31-21)16(2)19-7-5-17(26)12-20(19)25(27,28)29/h5-8,12-13,15-16,22,30H,3-4,9-11,14H2,1-2H3/t15-,16-,22-/m1/s1. The number of anilines is 1. The molecule has 3 atom stereocenters. The van der Waals surface area contributed by atoms with E-state index in [1.165, 1.54) is 16.8 Å². The van der Waals surface area contributed by atoms with Crippen LogP contribution in [0.1, 0.15) is 43.9 Å². The molecule has 7 nitrogen and oxygen atoms in total. The van der Waals surface area contributed by atoms with Gasteiger partial charge < -0.3 is 15.1 Å². The molecule has 3 heterocycles. The number of carbonyl (C=O) groups excluding carboxylic acids is 1. The predicted molar refractivity (Wildman–Crippen MR) is 132 cm³/mol.